The van der Waals surface area contributed by atoms with E-state index in [9.17, 15) is 9.90 Å². The van der Waals surface area contributed by atoms with E-state index in [0.29, 0.717) is 22.4 Å². The van der Waals surface area contributed by atoms with Crippen molar-refractivity contribution in [2.24, 2.45) is 0 Å². The number of hydrogen-bond acceptors (Lipinski definition) is 6. The zero-order valence-corrected chi connectivity index (χ0v) is 14.8. The van der Waals surface area contributed by atoms with Gasteiger partial charge in [-0.1, -0.05) is 0 Å². The molecule has 1 fully saturated rings. The maximum Gasteiger partial charge on any atom is 0.338 e. The summed E-state index contributed by atoms with van der Waals surface area (Å²) in [6, 6.07) is 0. The van der Waals surface area contributed by atoms with Crippen molar-refractivity contribution in [2.45, 2.75) is 51.6 Å². The van der Waals surface area contributed by atoms with Crippen LogP contribution in [0.1, 0.15) is 47.9 Å². The first-order chi connectivity index (χ1) is 12.0. The number of aromatic hydroxyl groups is 1. The monoisotopic (exact) mass is 345 g/mol. The number of phenols is 1. The third kappa shape index (κ3) is 2.31. The van der Waals surface area contributed by atoms with Gasteiger partial charge in [0, 0.05) is 16.7 Å². The molecule has 6 heteroatoms. The van der Waals surface area contributed by atoms with E-state index in [2.05, 4.69) is 5.48 Å². The van der Waals surface area contributed by atoms with Crippen molar-refractivity contribution < 1.29 is 24.2 Å². The Kier molecular flexibility index (Phi) is 3.68. The molecule has 0 bridgehead atoms. The molecule has 1 aliphatic carbocycles. The van der Waals surface area contributed by atoms with Crippen LogP contribution in [0.25, 0.3) is 5.70 Å². The van der Waals surface area contributed by atoms with Gasteiger partial charge >= 0.3 is 5.97 Å². The lowest BCUT2D eigenvalue weighted by Gasteiger charge is -2.46. The number of phenolic OH excluding ortho intramolecular Hbond substituents is 1. The minimum atomic E-state index is -0.442. The van der Waals surface area contributed by atoms with Gasteiger partial charge in [-0.05, 0) is 51.5 Å². The van der Waals surface area contributed by atoms with Crippen LogP contribution in [0.3, 0.4) is 0 Å². The van der Waals surface area contributed by atoms with Crippen molar-refractivity contribution in [1.29, 1.82) is 0 Å². The molecular formula is C19H23NO5. The molecule has 0 saturated heterocycles. The highest BCUT2D eigenvalue weighted by Gasteiger charge is 2.44. The largest absolute Gasteiger partial charge is 0.507 e. The second-order valence-corrected chi connectivity index (χ2v) is 7.16. The third-order valence-corrected chi connectivity index (χ3v) is 5.83. The van der Waals surface area contributed by atoms with Crippen LogP contribution >= 0.6 is 0 Å². The van der Waals surface area contributed by atoms with Gasteiger partial charge in [-0.3, -0.25) is 10.3 Å². The van der Waals surface area contributed by atoms with Crippen LogP contribution in [-0.2, 0) is 20.8 Å². The molecule has 0 radical (unpaired) electrons. The fourth-order valence-electron chi connectivity index (χ4n) is 4.09. The number of carbonyl (C=O) groups is 1. The number of hydrogen-bond donors (Lipinski definition) is 2. The zero-order chi connectivity index (χ0) is 17.8. The smallest absolute Gasteiger partial charge is 0.338 e. The molecule has 0 atom stereocenters. The lowest BCUT2D eigenvalue weighted by atomic mass is 9.73. The summed E-state index contributed by atoms with van der Waals surface area (Å²) >= 11 is 0. The van der Waals surface area contributed by atoms with E-state index >= 15 is 0 Å². The first kappa shape index (κ1) is 16.3. The van der Waals surface area contributed by atoms with Crippen LogP contribution in [0.4, 0.5) is 0 Å². The molecule has 25 heavy (non-hydrogen) atoms. The van der Waals surface area contributed by atoms with Crippen molar-refractivity contribution in [2.75, 3.05) is 13.7 Å². The van der Waals surface area contributed by atoms with E-state index in [1.807, 2.05) is 13.8 Å². The Balaban J connectivity index is 1.93. The maximum atomic E-state index is 12.1. The molecule has 2 aliphatic heterocycles. The van der Waals surface area contributed by atoms with Gasteiger partial charge in [0.05, 0.1) is 18.4 Å². The highest BCUT2D eigenvalue weighted by atomic mass is 16.7. The lowest BCUT2D eigenvalue weighted by molar-refractivity contribution is -0.136. The molecule has 4 rings (SSSR count). The molecule has 1 spiro atoms. The standard InChI is InChI=1S/C19H23NO5/c1-10-12-5-8-19(6-4-7-19)25-17(12)14(11(2)16(10)21)15-13(9-24-20-15)18(22)23-3/h20-21H,4-9H2,1-3H3. The van der Waals surface area contributed by atoms with E-state index in [1.165, 1.54) is 13.5 Å². The summed E-state index contributed by atoms with van der Waals surface area (Å²) in [5, 5.41) is 10.6. The average Bonchev–Trinajstić information content (AvgIpc) is 3.06. The summed E-state index contributed by atoms with van der Waals surface area (Å²) in [5.74, 6) is 0.572. The van der Waals surface area contributed by atoms with Crippen molar-refractivity contribution in [1.82, 2.24) is 5.48 Å². The van der Waals surface area contributed by atoms with Gasteiger partial charge in [0.15, 0.2) is 0 Å². The summed E-state index contributed by atoms with van der Waals surface area (Å²) in [6.07, 6.45) is 5.12. The Morgan fingerprint density at radius 1 is 1.24 bits per heavy atom. The molecular weight excluding hydrogens is 322 g/mol. The van der Waals surface area contributed by atoms with Crippen LogP contribution in [0.2, 0.25) is 0 Å². The summed E-state index contributed by atoms with van der Waals surface area (Å²) in [4.78, 5) is 17.4. The van der Waals surface area contributed by atoms with Crippen molar-refractivity contribution in [3.8, 4) is 11.5 Å². The molecule has 6 nitrogen and oxygen atoms in total. The molecule has 1 aromatic rings. The SMILES string of the molecule is COC(=O)C1=C(c2c(C)c(O)c(C)c3c2OC2(CCC2)CC3)NOC1. The average molecular weight is 345 g/mol. The number of methoxy groups -OCH3 is 1. The van der Waals surface area contributed by atoms with E-state index in [-0.39, 0.29) is 18.0 Å². The highest BCUT2D eigenvalue weighted by molar-refractivity contribution is 5.99. The number of hydroxylamine groups is 1. The van der Waals surface area contributed by atoms with Gasteiger partial charge in [-0.25, -0.2) is 4.79 Å². The Hall–Kier alpha value is -2.21. The van der Waals surface area contributed by atoms with Crippen molar-refractivity contribution >= 4 is 11.7 Å². The van der Waals surface area contributed by atoms with Crippen molar-refractivity contribution in [3.05, 3.63) is 27.8 Å². The highest BCUT2D eigenvalue weighted by Crippen LogP contribution is 2.51. The lowest BCUT2D eigenvalue weighted by Crippen LogP contribution is -2.46. The number of esters is 1. The molecule has 3 aliphatic rings. The predicted molar refractivity (Wildman–Crippen MR) is 91.1 cm³/mol. The maximum absolute atomic E-state index is 12.1. The molecule has 2 N–H and O–H groups in total. The fraction of sp³-hybridized carbons (Fsp3) is 0.526. The second kappa shape index (κ2) is 5.66. The number of rotatable bonds is 2. The van der Waals surface area contributed by atoms with E-state index in [1.54, 1.807) is 0 Å². The summed E-state index contributed by atoms with van der Waals surface area (Å²) in [7, 11) is 1.35. The van der Waals surface area contributed by atoms with Gasteiger partial charge in [-0.2, -0.15) is 0 Å². The molecule has 1 saturated carbocycles. The van der Waals surface area contributed by atoms with E-state index in [4.69, 9.17) is 14.3 Å². The molecule has 0 aromatic heterocycles. The van der Waals surface area contributed by atoms with Crippen LogP contribution in [0, 0.1) is 13.8 Å². The Morgan fingerprint density at radius 3 is 2.64 bits per heavy atom. The fourth-order valence-corrected chi connectivity index (χ4v) is 4.09. The van der Waals surface area contributed by atoms with Crippen LogP contribution in [-0.4, -0.2) is 30.4 Å². The summed E-state index contributed by atoms with van der Waals surface area (Å²) in [5.41, 5.74) is 6.94. The zero-order valence-electron chi connectivity index (χ0n) is 14.8. The van der Waals surface area contributed by atoms with Gasteiger partial charge < -0.3 is 14.6 Å². The number of ether oxygens (including phenoxy) is 2. The molecule has 0 unspecified atom stereocenters. The first-order valence-electron chi connectivity index (χ1n) is 8.71. The Morgan fingerprint density at radius 2 is 2.00 bits per heavy atom. The summed E-state index contributed by atoms with van der Waals surface area (Å²) in [6.45, 7) is 3.88. The van der Waals surface area contributed by atoms with Gasteiger partial charge in [0.1, 0.15) is 23.7 Å². The predicted octanol–water partition coefficient (Wildman–Crippen LogP) is 2.68. The normalized spacial score (nSPS) is 20.6. The Bertz CT molecular complexity index is 792. The minimum Gasteiger partial charge on any atom is -0.507 e. The van der Waals surface area contributed by atoms with Gasteiger partial charge in [-0.15, -0.1) is 0 Å². The van der Waals surface area contributed by atoms with E-state index < -0.39 is 5.97 Å². The molecule has 0 amide bonds. The molecule has 134 valence electrons. The summed E-state index contributed by atoms with van der Waals surface area (Å²) < 4.78 is 11.4. The minimum absolute atomic E-state index is 0.0942. The number of benzene rings is 1. The first-order valence-corrected chi connectivity index (χ1v) is 8.71. The van der Waals surface area contributed by atoms with Gasteiger partial charge in [0.2, 0.25) is 0 Å². The van der Waals surface area contributed by atoms with Gasteiger partial charge in [0.25, 0.3) is 0 Å². The topological polar surface area (TPSA) is 77.0 Å². The van der Waals surface area contributed by atoms with E-state index in [0.717, 1.165) is 42.6 Å². The Labute approximate surface area is 146 Å². The molecule has 1 aromatic carbocycles. The third-order valence-electron chi connectivity index (χ3n) is 5.83. The van der Waals surface area contributed by atoms with Crippen LogP contribution in [0.15, 0.2) is 5.57 Å². The second-order valence-electron chi connectivity index (χ2n) is 7.16. The van der Waals surface area contributed by atoms with Crippen LogP contribution in [0.5, 0.6) is 11.5 Å². The number of carbonyl (C=O) groups excluding carboxylic acids is 1. The van der Waals surface area contributed by atoms with Crippen LogP contribution < -0.4 is 10.2 Å². The van der Waals surface area contributed by atoms with Crippen molar-refractivity contribution in [3.63, 3.8) is 0 Å². The molecule has 2 heterocycles. The number of fused-ring (bicyclic) bond motifs is 1. The number of nitrogens with one attached hydrogen (secondary N) is 1. The quantitative estimate of drug-likeness (QED) is 0.803.